The number of aryl methyl sites for hydroxylation is 1. The van der Waals surface area contributed by atoms with Crippen LogP contribution in [0.4, 0.5) is 21.0 Å². The molecule has 3 aromatic rings. The van der Waals surface area contributed by atoms with E-state index in [1.54, 1.807) is 15.9 Å². The van der Waals surface area contributed by atoms with E-state index in [1.165, 1.54) is 0 Å². The molecule has 0 radical (unpaired) electrons. The van der Waals surface area contributed by atoms with Crippen LogP contribution >= 0.6 is 0 Å². The van der Waals surface area contributed by atoms with E-state index >= 15 is 0 Å². The Morgan fingerprint density at radius 3 is 1.48 bits per heavy atom. The van der Waals surface area contributed by atoms with Gasteiger partial charge in [-0.25, -0.2) is 14.4 Å². The first-order valence-corrected chi connectivity index (χ1v) is 29.1. The van der Waals surface area contributed by atoms with Crippen molar-refractivity contribution in [3.63, 3.8) is 0 Å². The second kappa shape index (κ2) is 28.3. The van der Waals surface area contributed by atoms with Gasteiger partial charge < -0.3 is 54.0 Å². The maximum atomic E-state index is 13.8. The van der Waals surface area contributed by atoms with Crippen LogP contribution in [-0.2, 0) is 25.5 Å². The van der Waals surface area contributed by atoms with E-state index in [-0.39, 0.29) is 48.0 Å². The first-order chi connectivity index (χ1) is 37.9. The fourth-order valence-corrected chi connectivity index (χ4v) is 11.0. The Morgan fingerprint density at radius 2 is 1.09 bits per heavy atom. The highest BCUT2D eigenvalue weighted by atomic mass is 16.6. The number of likely N-dealkylation sites (tertiary alicyclic amines) is 2. The molecule has 4 fully saturated rings. The summed E-state index contributed by atoms with van der Waals surface area (Å²) in [6.45, 7) is 32.4. The topological polar surface area (TPSA) is 183 Å². The van der Waals surface area contributed by atoms with Crippen LogP contribution in [0.3, 0.4) is 0 Å². The number of carboxylic acid groups (broad SMARTS) is 1. The summed E-state index contributed by atoms with van der Waals surface area (Å²) in [4.78, 5) is 74.6. The third-order valence-corrected chi connectivity index (χ3v) is 15.3. The molecule has 0 atom stereocenters. The Bertz CT molecular complexity index is 2830. The minimum Gasteiger partial charge on any atom is -0.478 e. The molecule has 0 aliphatic carbocycles. The number of H-pyrrole nitrogens is 1. The highest BCUT2D eigenvalue weighted by molar-refractivity contribution is 5.98. The average molecular weight is 1100 g/mol. The molecule has 0 bridgehead atoms. The average Bonchev–Trinajstić information content (AvgIpc) is 3.42. The molecule has 3 N–H and O–H groups in total. The monoisotopic (exact) mass is 1100 g/mol. The van der Waals surface area contributed by atoms with Gasteiger partial charge in [0.2, 0.25) is 0 Å². The van der Waals surface area contributed by atoms with Gasteiger partial charge in [0.15, 0.2) is 0 Å². The van der Waals surface area contributed by atoms with Crippen LogP contribution in [0.15, 0.2) is 35.1 Å². The molecule has 4 saturated heterocycles. The van der Waals surface area contributed by atoms with E-state index in [9.17, 15) is 29.1 Å². The van der Waals surface area contributed by atoms with Gasteiger partial charge in [0.05, 0.1) is 5.56 Å². The molecule has 80 heavy (non-hydrogen) atoms. The first kappa shape index (κ1) is 62.7. The molecule has 0 spiro atoms. The number of aromatic nitrogens is 1. The Hall–Kier alpha value is -6.49. The Labute approximate surface area is 476 Å². The number of rotatable bonds is 11. The van der Waals surface area contributed by atoms with Gasteiger partial charge in [-0.1, -0.05) is 37.5 Å². The smallest absolute Gasteiger partial charge is 0.410 e. The number of aromatic amines is 1. The molecule has 436 valence electrons. The van der Waals surface area contributed by atoms with E-state index in [1.807, 2.05) is 80.5 Å². The van der Waals surface area contributed by atoms with Crippen LogP contribution in [0.2, 0.25) is 0 Å². The van der Waals surface area contributed by atoms with Crippen LogP contribution in [-0.4, -0.2) is 133 Å². The molecule has 5 heterocycles. The molecule has 16 heteroatoms. The predicted octanol–water partition coefficient (Wildman–Crippen LogP) is 10.7. The van der Waals surface area contributed by atoms with Gasteiger partial charge in [-0.2, -0.15) is 0 Å². The Balaban J connectivity index is 0.000000270. The zero-order chi connectivity index (χ0) is 58.5. The largest absolute Gasteiger partial charge is 0.478 e. The summed E-state index contributed by atoms with van der Waals surface area (Å²) in [6, 6.07) is 10.3. The lowest BCUT2D eigenvalue weighted by atomic mass is 9.95. The molecule has 0 unspecified atom stereocenters. The van der Waals surface area contributed by atoms with Gasteiger partial charge in [0.1, 0.15) is 11.2 Å². The Morgan fingerprint density at radius 1 is 0.675 bits per heavy atom. The van der Waals surface area contributed by atoms with Gasteiger partial charge in [0, 0.05) is 135 Å². The van der Waals surface area contributed by atoms with Crippen molar-refractivity contribution < 1.29 is 43.2 Å². The van der Waals surface area contributed by atoms with Gasteiger partial charge in [0.25, 0.3) is 11.5 Å². The number of pyridine rings is 1. The molecule has 7 rings (SSSR count). The number of aromatic carboxylic acids is 1. The first-order valence-electron chi connectivity index (χ1n) is 29.1. The van der Waals surface area contributed by atoms with Crippen molar-refractivity contribution in [2.75, 3.05) is 75.5 Å². The lowest BCUT2D eigenvalue weighted by Gasteiger charge is -2.36. The molecule has 0 saturated carbocycles. The molecular formula is C64H90N6O10. The standard InChI is InChI=1S/C37H52N4O5.C27H38N2O5/c1-9-41(29-14-18-45-19-15-29)33-22-28(11-10-27-12-16-40(17-13-27)36(44)46-37(6,7)8)21-31(26(33)5)34(42)38-23-32-30(24(2)3)20-25(4)39-35(32)43;1-6-29(22-11-15-33-16-12-22)24-18-21(17-23(19(24)2)25(30)31)8-7-20-9-13-28(14-10-20)26(32)34-27(3,4)5/h20-22,24,27,29H,9,12-19,23H2,1-8H3,(H,38,42)(H,39,43);17-18,20,22H,6,9-16H2,1-5H3,(H,30,31). The number of amides is 3. The summed E-state index contributed by atoms with van der Waals surface area (Å²) in [5.41, 5.74) is 7.09. The fraction of sp³-hybridized carbons (Fsp3) is 0.609. The zero-order valence-electron chi connectivity index (χ0n) is 50.1. The minimum absolute atomic E-state index is 0.139. The summed E-state index contributed by atoms with van der Waals surface area (Å²) in [5, 5.41) is 12.9. The normalized spacial score (nSPS) is 16.8. The third-order valence-electron chi connectivity index (χ3n) is 15.3. The second-order valence-corrected chi connectivity index (χ2v) is 24.0. The number of benzene rings is 2. The molecular weight excluding hydrogens is 1010 g/mol. The Kier molecular flexibility index (Phi) is 22.2. The number of piperidine rings is 2. The van der Waals surface area contributed by atoms with E-state index in [0.29, 0.717) is 55.0 Å². The number of hydrogen-bond donors (Lipinski definition) is 3. The van der Waals surface area contributed by atoms with E-state index in [0.717, 1.165) is 136 Å². The van der Waals surface area contributed by atoms with Crippen LogP contribution in [0.25, 0.3) is 0 Å². The quantitative estimate of drug-likeness (QED) is 0.155. The molecule has 1 aromatic heterocycles. The highest BCUT2D eigenvalue weighted by Gasteiger charge is 2.30. The fourth-order valence-electron chi connectivity index (χ4n) is 11.0. The minimum atomic E-state index is -0.934. The number of carbonyl (C=O) groups excluding carboxylic acids is 3. The summed E-state index contributed by atoms with van der Waals surface area (Å²) in [6.07, 6.45) is 6.25. The summed E-state index contributed by atoms with van der Waals surface area (Å²) in [5.74, 6) is 12.7. The van der Waals surface area contributed by atoms with E-state index in [2.05, 4.69) is 77.5 Å². The molecule has 4 aliphatic heterocycles. The predicted molar refractivity (Wildman–Crippen MR) is 315 cm³/mol. The summed E-state index contributed by atoms with van der Waals surface area (Å²) >= 11 is 0. The van der Waals surface area contributed by atoms with Crippen LogP contribution < -0.4 is 20.7 Å². The van der Waals surface area contributed by atoms with Crippen molar-refractivity contribution in [2.24, 2.45) is 11.8 Å². The maximum Gasteiger partial charge on any atom is 0.410 e. The van der Waals surface area contributed by atoms with E-state index < -0.39 is 17.2 Å². The number of nitrogens with zero attached hydrogens (tertiary/aromatic N) is 4. The van der Waals surface area contributed by atoms with E-state index in [4.69, 9.17) is 18.9 Å². The van der Waals surface area contributed by atoms with Crippen molar-refractivity contribution in [1.29, 1.82) is 0 Å². The lowest BCUT2D eigenvalue weighted by Crippen LogP contribution is -2.41. The molecule has 4 aliphatic rings. The number of hydrogen-bond acceptors (Lipinski definition) is 11. The number of ether oxygens (including phenoxy) is 4. The maximum absolute atomic E-state index is 13.8. The van der Waals surface area contributed by atoms with Crippen LogP contribution in [0, 0.1) is 56.3 Å². The second-order valence-electron chi connectivity index (χ2n) is 24.0. The van der Waals surface area contributed by atoms with Gasteiger partial charge in [-0.05, 0) is 180 Å². The van der Waals surface area contributed by atoms with Gasteiger partial charge in [-0.3, -0.25) is 9.59 Å². The number of carbonyl (C=O) groups is 4. The van der Waals surface area contributed by atoms with Gasteiger partial charge in [-0.15, -0.1) is 0 Å². The van der Waals surface area contributed by atoms with Crippen molar-refractivity contribution in [3.8, 4) is 23.7 Å². The SMILES string of the molecule is CCN(c1cc(C#CC2CCN(C(=O)OC(C)(C)C)CC2)cc(C(=O)NCc2c(C(C)C)cc(C)[nH]c2=O)c1C)C1CCOCC1.CCN(c1cc(C#CC2CCN(C(=O)OC(C)(C)C)CC2)cc(C(=O)O)c1C)C1CCOCC1. The molecule has 2 aromatic carbocycles. The van der Waals surface area contributed by atoms with Crippen molar-refractivity contribution in [1.82, 2.24) is 20.1 Å². The van der Waals surface area contributed by atoms with Crippen molar-refractivity contribution >= 4 is 35.4 Å². The van der Waals surface area contributed by atoms with Crippen molar-refractivity contribution in [3.05, 3.63) is 90.9 Å². The number of anilines is 2. The van der Waals surface area contributed by atoms with Gasteiger partial charge >= 0.3 is 18.2 Å². The van der Waals surface area contributed by atoms with Crippen LogP contribution in [0.1, 0.15) is 186 Å². The number of carboxylic acids is 1. The van der Waals surface area contributed by atoms with Crippen molar-refractivity contribution in [2.45, 2.75) is 177 Å². The van der Waals surface area contributed by atoms with Crippen LogP contribution in [0.5, 0.6) is 0 Å². The number of nitrogens with one attached hydrogen (secondary N) is 2. The highest BCUT2D eigenvalue weighted by Crippen LogP contribution is 2.33. The zero-order valence-corrected chi connectivity index (χ0v) is 50.1. The summed E-state index contributed by atoms with van der Waals surface area (Å²) < 4.78 is 22.2. The third kappa shape index (κ3) is 17.5. The lowest BCUT2D eigenvalue weighted by molar-refractivity contribution is 0.0189. The molecule has 3 amide bonds. The summed E-state index contributed by atoms with van der Waals surface area (Å²) in [7, 11) is 0. The molecule has 16 nitrogen and oxygen atoms in total.